The Morgan fingerprint density at radius 3 is 2.21 bits per heavy atom. The van der Waals surface area contributed by atoms with Gasteiger partial charge in [-0.3, -0.25) is 9.80 Å². The normalized spacial score (nSPS) is 19.4. The fourth-order valence-electron chi connectivity index (χ4n) is 1.65. The average Bonchev–Trinajstić information content (AvgIpc) is 2.25. The molecule has 1 rings (SSSR count). The minimum absolute atomic E-state index is 0.637. The van der Waals surface area contributed by atoms with E-state index in [1.54, 1.807) is 7.11 Å². The molecule has 0 N–H and O–H groups in total. The Bertz CT molecular complexity index is 182. The third-order valence-corrected chi connectivity index (χ3v) is 2.60. The largest absolute Gasteiger partial charge is 0.383 e. The number of hydrogen-bond acceptors (Lipinski definition) is 3. The van der Waals surface area contributed by atoms with E-state index in [0.29, 0.717) is 6.54 Å². The van der Waals surface area contributed by atoms with Crippen molar-refractivity contribution in [2.45, 2.75) is 0 Å². The summed E-state index contributed by atoms with van der Waals surface area (Å²) in [5.74, 6) is 0. The smallest absolute Gasteiger partial charge is 0.227 e. The number of piperazine rings is 1. The summed E-state index contributed by atoms with van der Waals surface area (Å²) in [5.41, 5.74) is 0. The van der Waals surface area contributed by atoms with Crippen molar-refractivity contribution in [2.24, 2.45) is 0 Å². The van der Waals surface area contributed by atoms with Crippen molar-refractivity contribution in [3.63, 3.8) is 0 Å². The van der Waals surface area contributed by atoms with E-state index < -0.39 is 0 Å². The molecular formula is C10H19N3O. The summed E-state index contributed by atoms with van der Waals surface area (Å²) in [4.78, 5) is 8.15. The number of methoxy groups -OCH3 is 1. The van der Waals surface area contributed by atoms with Crippen molar-refractivity contribution < 1.29 is 4.74 Å². The van der Waals surface area contributed by atoms with E-state index in [0.717, 1.165) is 45.9 Å². The topological polar surface area (TPSA) is 20.1 Å². The number of nitrogens with zero attached hydrogens (tertiary/aromatic N) is 3. The molecule has 1 fully saturated rings. The molecule has 80 valence electrons. The molecule has 0 saturated carbocycles. The zero-order chi connectivity index (χ0) is 10.2. The van der Waals surface area contributed by atoms with Crippen LogP contribution in [0.5, 0.6) is 0 Å². The first-order valence-corrected chi connectivity index (χ1v) is 5.13. The summed E-state index contributed by atoms with van der Waals surface area (Å²) in [7, 11) is 1.74. The van der Waals surface area contributed by atoms with E-state index in [-0.39, 0.29) is 0 Å². The van der Waals surface area contributed by atoms with Crippen molar-refractivity contribution in [2.75, 3.05) is 59.5 Å². The first-order valence-electron chi connectivity index (χ1n) is 5.13. The van der Waals surface area contributed by atoms with Crippen molar-refractivity contribution in [3.05, 3.63) is 11.4 Å². The molecule has 0 aromatic rings. The summed E-state index contributed by atoms with van der Waals surface area (Å²) in [6, 6.07) is 0. The Balaban J connectivity index is 2.09. The van der Waals surface area contributed by atoms with Gasteiger partial charge in [-0.2, -0.15) is 0 Å². The molecule has 1 aliphatic heterocycles. The molecule has 0 aliphatic carbocycles. The summed E-state index contributed by atoms with van der Waals surface area (Å²) < 4.78 is 5.04. The minimum Gasteiger partial charge on any atom is -0.383 e. The van der Waals surface area contributed by atoms with Gasteiger partial charge in [-0.05, 0) is 0 Å². The zero-order valence-electron chi connectivity index (χ0n) is 8.91. The van der Waals surface area contributed by atoms with Gasteiger partial charge in [0.1, 0.15) is 0 Å². The van der Waals surface area contributed by atoms with E-state index >= 15 is 0 Å². The predicted octanol–water partition coefficient (Wildman–Crippen LogP) is 0.170. The van der Waals surface area contributed by atoms with Crippen molar-refractivity contribution in [1.82, 2.24) is 9.80 Å². The van der Waals surface area contributed by atoms with E-state index in [2.05, 4.69) is 14.6 Å². The highest BCUT2D eigenvalue weighted by Crippen LogP contribution is 2.00. The van der Waals surface area contributed by atoms with Gasteiger partial charge in [-0.15, -0.1) is 0 Å². The maximum Gasteiger partial charge on any atom is 0.227 e. The molecule has 1 saturated heterocycles. The second-order valence-corrected chi connectivity index (χ2v) is 3.56. The van der Waals surface area contributed by atoms with Crippen LogP contribution in [0.4, 0.5) is 0 Å². The first kappa shape index (κ1) is 11.4. The minimum atomic E-state index is 0.637. The van der Waals surface area contributed by atoms with Crippen LogP contribution in [0.25, 0.3) is 4.85 Å². The fraction of sp³-hybridized carbons (Fsp3) is 0.900. The molecule has 1 heterocycles. The van der Waals surface area contributed by atoms with Gasteiger partial charge < -0.3 is 9.58 Å². The van der Waals surface area contributed by atoms with Crippen molar-refractivity contribution in [3.8, 4) is 0 Å². The Morgan fingerprint density at radius 1 is 1.14 bits per heavy atom. The van der Waals surface area contributed by atoms with Crippen molar-refractivity contribution >= 4 is 0 Å². The summed E-state index contributed by atoms with van der Waals surface area (Å²) in [6.07, 6.45) is 0. The van der Waals surface area contributed by atoms with Crippen LogP contribution in [0.1, 0.15) is 0 Å². The van der Waals surface area contributed by atoms with Crippen LogP contribution < -0.4 is 0 Å². The Labute approximate surface area is 86.3 Å². The molecule has 0 bridgehead atoms. The lowest BCUT2D eigenvalue weighted by atomic mass is 10.3. The van der Waals surface area contributed by atoms with Crippen molar-refractivity contribution in [1.29, 1.82) is 0 Å². The second-order valence-electron chi connectivity index (χ2n) is 3.56. The van der Waals surface area contributed by atoms with Crippen LogP contribution in [0.3, 0.4) is 0 Å². The Hall–Kier alpha value is -0.630. The van der Waals surface area contributed by atoms with Crippen LogP contribution in [-0.4, -0.2) is 69.3 Å². The molecule has 0 unspecified atom stereocenters. The highest BCUT2D eigenvalue weighted by Gasteiger charge is 2.16. The molecule has 0 spiro atoms. The SMILES string of the molecule is [C-]#[N+]CCN1CCN(CCOC)CC1. The number of hydrogen-bond donors (Lipinski definition) is 0. The van der Waals surface area contributed by atoms with Gasteiger partial charge >= 0.3 is 0 Å². The maximum absolute atomic E-state index is 6.72. The average molecular weight is 197 g/mol. The van der Waals surface area contributed by atoms with Crippen LogP contribution in [0.15, 0.2) is 0 Å². The molecular weight excluding hydrogens is 178 g/mol. The van der Waals surface area contributed by atoms with Crippen LogP contribution in [0, 0.1) is 6.57 Å². The number of rotatable bonds is 5. The zero-order valence-corrected chi connectivity index (χ0v) is 8.91. The highest BCUT2D eigenvalue weighted by atomic mass is 16.5. The van der Waals surface area contributed by atoms with Gasteiger partial charge in [0.25, 0.3) is 0 Å². The number of ether oxygens (including phenoxy) is 1. The molecule has 4 nitrogen and oxygen atoms in total. The van der Waals surface area contributed by atoms with Crippen LogP contribution in [-0.2, 0) is 4.74 Å². The lowest BCUT2D eigenvalue weighted by Crippen LogP contribution is -2.47. The maximum atomic E-state index is 6.72. The molecule has 0 aromatic heterocycles. The lowest BCUT2D eigenvalue weighted by molar-refractivity contribution is 0.0992. The summed E-state index contributed by atoms with van der Waals surface area (Å²) in [5, 5.41) is 0. The molecule has 14 heavy (non-hydrogen) atoms. The third-order valence-electron chi connectivity index (χ3n) is 2.60. The lowest BCUT2D eigenvalue weighted by Gasteiger charge is -2.33. The molecule has 0 amide bonds. The van der Waals surface area contributed by atoms with Crippen LogP contribution in [0.2, 0.25) is 0 Å². The van der Waals surface area contributed by atoms with E-state index in [4.69, 9.17) is 11.3 Å². The Kier molecular flexibility index (Phi) is 5.53. The quantitative estimate of drug-likeness (QED) is 0.586. The van der Waals surface area contributed by atoms with E-state index in [1.165, 1.54) is 0 Å². The fourth-order valence-corrected chi connectivity index (χ4v) is 1.65. The van der Waals surface area contributed by atoms with Gasteiger partial charge in [0, 0.05) is 39.8 Å². The monoisotopic (exact) mass is 197 g/mol. The first-order chi connectivity index (χ1) is 6.86. The van der Waals surface area contributed by atoms with Gasteiger partial charge in [0.2, 0.25) is 6.54 Å². The molecule has 0 atom stereocenters. The van der Waals surface area contributed by atoms with Gasteiger partial charge in [-0.1, -0.05) is 0 Å². The predicted molar refractivity (Wildman–Crippen MR) is 56.2 cm³/mol. The van der Waals surface area contributed by atoms with Gasteiger partial charge in [-0.25, -0.2) is 6.57 Å². The molecule has 4 heteroatoms. The highest BCUT2D eigenvalue weighted by molar-refractivity contribution is 4.74. The van der Waals surface area contributed by atoms with Gasteiger partial charge in [0.05, 0.1) is 13.2 Å². The summed E-state index contributed by atoms with van der Waals surface area (Å²) in [6.45, 7) is 14.6. The second kappa shape index (κ2) is 6.77. The standard InChI is InChI=1S/C10H19N3O/c1-11-3-4-12-5-7-13(8-6-12)9-10-14-2/h3-10H2,2H3. The molecule has 0 radical (unpaired) electrons. The molecule has 0 aromatic carbocycles. The van der Waals surface area contributed by atoms with Crippen LogP contribution >= 0.6 is 0 Å². The Morgan fingerprint density at radius 2 is 1.71 bits per heavy atom. The third kappa shape index (κ3) is 4.05. The van der Waals surface area contributed by atoms with E-state index in [9.17, 15) is 0 Å². The summed E-state index contributed by atoms with van der Waals surface area (Å²) >= 11 is 0. The van der Waals surface area contributed by atoms with Gasteiger partial charge in [0.15, 0.2) is 0 Å². The van der Waals surface area contributed by atoms with E-state index in [1.807, 2.05) is 0 Å². The molecule has 1 aliphatic rings.